The molecule has 0 aliphatic carbocycles. The molecule has 0 saturated carbocycles. The molecule has 0 nitrogen and oxygen atoms in total. The van der Waals surface area contributed by atoms with E-state index in [4.69, 9.17) is 0 Å². The molecule has 0 aliphatic heterocycles. The van der Waals surface area contributed by atoms with Crippen LogP contribution >= 0.6 is 0 Å². The summed E-state index contributed by atoms with van der Waals surface area (Å²) in [6.07, 6.45) is 0. The van der Waals surface area contributed by atoms with Crippen LogP contribution < -0.4 is 0 Å². The lowest BCUT2D eigenvalue weighted by atomic mass is 10.1. The van der Waals surface area contributed by atoms with Crippen molar-refractivity contribution in [3.05, 3.63) is 48.0 Å². The smallest absolute Gasteiger partial charge is 0.0181 e. The Balaban J connectivity index is 0.000000720. The number of fused-ring (bicyclic) bond motifs is 1. The molecule has 2 aromatic rings. The van der Waals surface area contributed by atoms with Crippen molar-refractivity contribution in [1.29, 1.82) is 0 Å². The van der Waals surface area contributed by atoms with Gasteiger partial charge in [0.25, 0.3) is 0 Å². The predicted octanol–water partition coefficient (Wildman–Crippen LogP) is 3.78. The van der Waals surface area contributed by atoms with Crippen LogP contribution in [0.15, 0.2) is 42.5 Å². The summed E-state index contributed by atoms with van der Waals surface area (Å²) in [5, 5.41) is 2.64. The van der Waals surface area contributed by atoms with E-state index in [-0.39, 0.29) is 7.43 Å². The Hall–Kier alpha value is -1.30. The maximum atomic E-state index is 2.20. The highest BCUT2D eigenvalue weighted by Gasteiger charge is 1.89. The Morgan fingerprint density at radius 3 is 2.25 bits per heavy atom. The molecule has 12 heavy (non-hydrogen) atoms. The molecule has 2 aromatic carbocycles. The normalized spacial score (nSPS) is 9.42. The molecule has 0 aromatic heterocycles. The quantitative estimate of drug-likeness (QED) is 0.547. The molecule has 0 bridgehead atoms. The highest BCUT2D eigenvalue weighted by Crippen LogP contribution is 2.14. The molecule has 0 amide bonds. The van der Waals surface area contributed by atoms with Crippen LogP contribution in [0.25, 0.3) is 10.8 Å². The van der Waals surface area contributed by atoms with Crippen molar-refractivity contribution < 1.29 is 0 Å². The van der Waals surface area contributed by atoms with Gasteiger partial charge in [0.2, 0.25) is 0 Å². The van der Waals surface area contributed by atoms with Gasteiger partial charge in [-0.05, 0) is 17.7 Å². The van der Waals surface area contributed by atoms with Crippen LogP contribution in [0.2, 0.25) is 0 Å². The first-order valence-electron chi connectivity index (χ1n) is 3.82. The van der Waals surface area contributed by atoms with E-state index in [9.17, 15) is 0 Å². The molecular weight excluding hydrogens is 144 g/mol. The van der Waals surface area contributed by atoms with Gasteiger partial charge < -0.3 is 0 Å². The average Bonchev–Trinajstić information content (AvgIpc) is 2.04. The minimum absolute atomic E-state index is 0. The lowest BCUT2D eigenvalue weighted by Gasteiger charge is -1.96. The Morgan fingerprint density at radius 2 is 1.50 bits per heavy atom. The van der Waals surface area contributed by atoms with E-state index in [0.717, 1.165) is 0 Å². The summed E-state index contributed by atoms with van der Waals surface area (Å²) in [5.41, 5.74) is 1.32. The van der Waals surface area contributed by atoms with Crippen molar-refractivity contribution in [1.82, 2.24) is 0 Å². The van der Waals surface area contributed by atoms with Crippen LogP contribution in [0.1, 0.15) is 13.0 Å². The van der Waals surface area contributed by atoms with Gasteiger partial charge in [-0.15, -0.1) is 0 Å². The van der Waals surface area contributed by atoms with E-state index >= 15 is 0 Å². The minimum Gasteiger partial charge on any atom is -0.0776 e. The zero-order chi connectivity index (χ0) is 7.68. The monoisotopic (exact) mass is 158 g/mol. The van der Waals surface area contributed by atoms with E-state index in [1.54, 1.807) is 0 Å². The van der Waals surface area contributed by atoms with Gasteiger partial charge in [-0.1, -0.05) is 55.5 Å². The molecule has 0 N–H and O–H groups in total. The molecule has 0 radical (unpaired) electrons. The third kappa shape index (κ3) is 1.48. The second kappa shape index (κ2) is 3.40. The largest absolute Gasteiger partial charge is 0.0776 e. The number of benzene rings is 2. The summed E-state index contributed by atoms with van der Waals surface area (Å²) in [7, 11) is 0. The molecule has 0 atom stereocenters. The van der Waals surface area contributed by atoms with E-state index in [1.807, 2.05) is 0 Å². The van der Waals surface area contributed by atoms with E-state index in [2.05, 4.69) is 49.4 Å². The second-order valence-corrected chi connectivity index (χ2v) is 2.85. The van der Waals surface area contributed by atoms with Gasteiger partial charge >= 0.3 is 0 Å². The number of aryl methyl sites for hydroxylation is 1. The third-order valence-electron chi connectivity index (χ3n) is 1.90. The average molecular weight is 158 g/mol. The van der Waals surface area contributed by atoms with E-state index < -0.39 is 0 Å². The molecule has 0 saturated heterocycles. The fourth-order valence-corrected chi connectivity index (χ4v) is 1.31. The fourth-order valence-electron chi connectivity index (χ4n) is 1.31. The van der Waals surface area contributed by atoms with Crippen LogP contribution in [0.3, 0.4) is 0 Å². The maximum absolute atomic E-state index is 2.20. The number of rotatable bonds is 0. The zero-order valence-corrected chi connectivity index (χ0v) is 6.54. The van der Waals surface area contributed by atoms with Gasteiger partial charge in [0.05, 0.1) is 0 Å². The minimum atomic E-state index is 0. The van der Waals surface area contributed by atoms with Gasteiger partial charge in [-0.2, -0.15) is 0 Å². The van der Waals surface area contributed by atoms with Crippen molar-refractivity contribution in [2.75, 3.05) is 0 Å². The predicted molar refractivity (Wildman–Crippen MR) is 55.4 cm³/mol. The molecule has 62 valence electrons. The van der Waals surface area contributed by atoms with E-state index in [1.165, 1.54) is 16.3 Å². The first-order chi connectivity index (χ1) is 5.36. The Labute approximate surface area is 73.8 Å². The molecule has 0 heterocycles. The molecular formula is C12H14. The zero-order valence-electron chi connectivity index (χ0n) is 6.54. The van der Waals surface area contributed by atoms with Crippen LogP contribution in [0.5, 0.6) is 0 Å². The first-order valence-corrected chi connectivity index (χ1v) is 3.82. The summed E-state index contributed by atoms with van der Waals surface area (Å²) in [4.78, 5) is 0. The topological polar surface area (TPSA) is 0 Å². The van der Waals surface area contributed by atoms with Crippen LogP contribution in [0.4, 0.5) is 0 Å². The van der Waals surface area contributed by atoms with Crippen LogP contribution in [-0.2, 0) is 0 Å². The summed E-state index contributed by atoms with van der Waals surface area (Å²) in [5.74, 6) is 0. The SMILES string of the molecule is C.Cc1ccc2ccccc2c1. The van der Waals surface area contributed by atoms with Gasteiger partial charge in [0.15, 0.2) is 0 Å². The maximum Gasteiger partial charge on any atom is -0.0181 e. The van der Waals surface area contributed by atoms with Gasteiger partial charge in [0.1, 0.15) is 0 Å². The van der Waals surface area contributed by atoms with Crippen molar-refractivity contribution >= 4 is 10.8 Å². The molecule has 2 rings (SSSR count). The Bertz CT molecular complexity index is 374. The molecule has 0 aliphatic rings. The highest BCUT2D eigenvalue weighted by atomic mass is 13.9. The van der Waals surface area contributed by atoms with Gasteiger partial charge in [0, 0.05) is 0 Å². The summed E-state index contributed by atoms with van der Waals surface area (Å²) in [6.45, 7) is 2.12. The molecule has 0 fully saturated rings. The van der Waals surface area contributed by atoms with Gasteiger partial charge in [-0.3, -0.25) is 0 Å². The standard InChI is InChI=1S/C11H10.CH4/c1-9-6-7-10-4-2-3-5-11(10)8-9;/h2-8H,1H3;1H4. The number of hydrogen-bond acceptors (Lipinski definition) is 0. The molecule has 0 heteroatoms. The Kier molecular flexibility index (Phi) is 2.49. The summed E-state index contributed by atoms with van der Waals surface area (Å²) < 4.78 is 0. The van der Waals surface area contributed by atoms with E-state index in [0.29, 0.717) is 0 Å². The highest BCUT2D eigenvalue weighted by molar-refractivity contribution is 5.82. The van der Waals surface area contributed by atoms with Crippen LogP contribution in [-0.4, -0.2) is 0 Å². The van der Waals surface area contributed by atoms with Crippen molar-refractivity contribution in [2.24, 2.45) is 0 Å². The Morgan fingerprint density at radius 1 is 0.833 bits per heavy atom. The number of hydrogen-bond donors (Lipinski definition) is 0. The summed E-state index contributed by atoms with van der Waals surface area (Å²) in [6, 6.07) is 14.9. The third-order valence-corrected chi connectivity index (χ3v) is 1.90. The lowest BCUT2D eigenvalue weighted by Crippen LogP contribution is -1.73. The van der Waals surface area contributed by atoms with Crippen molar-refractivity contribution in [3.8, 4) is 0 Å². The summed E-state index contributed by atoms with van der Waals surface area (Å²) >= 11 is 0. The molecule has 0 unspecified atom stereocenters. The van der Waals surface area contributed by atoms with Crippen LogP contribution in [0, 0.1) is 6.92 Å². The van der Waals surface area contributed by atoms with Crippen molar-refractivity contribution in [3.63, 3.8) is 0 Å². The first kappa shape index (κ1) is 8.79. The van der Waals surface area contributed by atoms with Crippen molar-refractivity contribution in [2.45, 2.75) is 14.4 Å². The van der Waals surface area contributed by atoms with Gasteiger partial charge in [-0.25, -0.2) is 0 Å². The second-order valence-electron chi connectivity index (χ2n) is 2.85. The fraction of sp³-hybridized carbons (Fsp3) is 0.167. The lowest BCUT2D eigenvalue weighted by molar-refractivity contribution is 1.51. The molecule has 0 spiro atoms.